The molecule has 2 aliphatic heterocycles. The van der Waals surface area contributed by atoms with E-state index in [1.807, 2.05) is 60.7 Å². The molecule has 2 heterocycles. The first-order valence-electron chi connectivity index (χ1n) is 10.5. The minimum Gasteiger partial charge on any atom is -0.436 e. The van der Waals surface area contributed by atoms with Gasteiger partial charge < -0.3 is 19.7 Å². The van der Waals surface area contributed by atoms with Crippen molar-refractivity contribution in [3.63, 3.8) is 0 Å². The van der Waals surface area contributed by atoms with E-state index in [4.69, 9.17) is 9.47 Å². The summed E-state index contributed by atoms with van der Waals surface area (Å²) in [5.41, 5.74) is -5.01. The highest BCUT2D eigenvalue weighted by atomic mass is 16.7. The molecular weight excluding hydrogens is 412 g/mol. The molecule has 2 aromatic rings. The molecule has 2 fully saturated rings. The molecule has 4 rings (SSSR count). The molecule has 8 heteroatoms. The second-order valence-electron chi connectivity index (χ2n) is 9.19. The SMILES string of the molecule is C[C@]1(Cc2ccccc2)OC(=O)N(N2C(=O)O[C@@](C)(Cc3ccccc3)[C@@]2(C)O)[C@]1(C)O. The quantitative estimate of drug-likeness (QED) is 0.741. The van der Waals surface area contributed by atoms with Gasteiger partial charge in [-0.05, 0) is 38.8 Å². The van der Waals surface area contributed by atoms with Gasteiger partial charge in [0.2, 0.25) is 11.4 Å². The van der Waals surface area contributed by atoms with Gasteiger partial charge in [0.15, 0.2) is 11.2 Å². The number of nitrogens with zero attached hydrogens (tertiary/aromatic N) is 2. The molecule has 0 spiro atoms. The average Bonchev–Trinajstić information content (AvgIpc) is 2.98. The number of hydrogen-bond acceptors (Lipinski definition) is 6. The van der Waals surface area contributed by atoms with Crippen LogP contribution in [0.15, 0.2) is 60.7 Å². The number of amides is 2. The highest BCUT2D eigenvalue weighted by Gasteiger charge is 2.70. The number of hydrazine groups is 1. The third kappa shape index (κ3) is 3.22. The van der Waals surface area contributed by atoms with E-state index in [1.165, 1.54) is 13.8 Å². The second-order valence-corrected chi connectivity index (χ2v) is 9.19. The van der Waals surface area contributed by atoms with Crippen molar-refractivity contribution in [1.29, 1.82) is 0 Å². The molecule has 2 aliphatic rings. The Bertz CT molecular complexity index is 942. The van der Waals surface area contributed by atoms with Crippen LogP contribution in [-0.2, 0) is 22.3 Å². The molecule has 0 aliphatic carbocycles. The van der Waals surface area contributed by atoms with E-state index in [0.717, 1.165) is 21.1 Å². The lowest BCUT2D eigenvalue weighted by molar-refractivity contribution is -0.245. The average molecular weight is 440 g/mol. The highest BCUT2D eigenvalue weighted by Crippen LogP contribution is 2.47. The van der Waals surface area contributed by atoms with E-state index in [1.54, 1.807) is 13.8 Å². The zero-order chi connectivity index (χ0) is 23.4. The Hall–Kier alpha value is -3.10. The number of benzene rings is 2. The number of aliphatic hydroxyl groups is 2. The van der Waals surface area contributed by atoms with Gasteiger partial charge in [0, 0.05) is 12.8 Å². The Labute approximate surface area is 186 Å². The van der Waals surface area contributed by atoms with Gasteiger partial charge >= 0.3 is 12.2 Å². The van der Waals surface area contributed by atoms with Crippen LogP contribution in [0, 0.1) is 0 Å². The highest BCUT2D eigenvalue weighted by molar-refractivity contribution is 5.79. The Morgan fingerprint density at radius 3 is 1.28 bits per heavy atom. The largest absolute Gasteiger partial charge is 0.436 e. The monoisotopic (exact) mass is 440 g/mol. The third-order valence-corrected chi connectivity index (χ3v) is 6.77. The van der Waals surface area contributed by atoms with Crippen molar-refractivity contribution in [3.8, 4) is 0 Å². The van der Waals surface area contributed by atoms with Crippen LogP contribution in [0.1, 0.15) is 38.8 Å². The topological polar surface area (TPSA) is 99.5 Å². The van der Waals surface area contributed by atoms with Gasteiger partial charge in [-0.2, -0.15) is 10.0 Å². The van der Waals surface area contributed by atoms with Crippen LogP contribution < -0.4 is 0 Å². The Morgan fingerprint density at radius 2 is 0.969 bits per heavy atom. The van der Waals surface area contributed by atoms with Crippen LogP contribution in [-0.4, -0.2) is 55.1 Å². The summed E-state index contributed by atoms with van der Waals surface area (Å²) < 4.78 is 11.2. The van der Waals surface area contributed by atoms with Crippen molar-refractivity contribution in [3.05, 3.63) is 71.8 Å². The lowest BCUT2D eigenvalue weighted by atomic mass is 9.86. The maximum Gasteiger partial charge on any atom is 0.432 e. The van der Waals surface area contributed by atoms with Crippen LogP contribution in [0.25, 0.3) is 0 Å². The fourth-order valence-corrected chi connectivity index (χ4v) is 4.40. The summed E-state index contributed by atoms with van der Waals surface area (Å²) in [5.74, 6) is 0. The van der Waals surface area contributed by atoms with E-state index in [2.05, 4.69) is 0 Å². The van der Waals surface area contributed by atoms with E-state index >= 15 is 0 Å². The fourth-order valence-electron chi connectivity index (χ4n) is 4.40. The van der Waals surface area contributed by atoms with Gasteiger partial charge in [-0.15, -0.1) is 0 Å². The normalized spacial score (nSPS) is 34.6. The molecule has 4 atom stereocenters. The molecule has 2 amide bonds. The van der Waals surface area contributed by atoms with E-state index < -0.39 is 34.8 Å². The molecule has 170 valence electrons. The summed E-state index contributed by atoms with van der Waals surface area (Å²) in [4.78, 5) is 25.9. The molecule has 32 heavy (non-hydrogen) atoms. The van der Waals surface area contributed by atoms with Gasteiger partial charge in [-0.3, -0.25) is 0 Å². The zero-order valence-electron chi connectivity index (χ0n) is 18.6. The molecule has 0 radical (unpaired) electrons. The van der Waals surface area contributed by atoms with E-state index in [9.17, 15) is 19.8 Å². The minimum atomic E-state index is -1.96. The maximum absolute atomic E-state index is 13.0. The van der Waals surface area contributed by atoms with Crippen molar-refractivity contribution in [2.45, 2.75) is 63.2 Å². The van der Waals surface area contributed by atoms with Crippen LogP contribution in [0.2, 0.25) is 0 Å². The van der Waals surface area contributed by atoms with Crippen molar-refractivity contribution < 1.29 is 29.3 Å². The van der Waals surface area contributed by atoms with Crippen molar-refractivity contribution in [2.24, 2.45) is 0 Å². The van der Waals surface area contributed by atoms with Gasteiger partial charge in [0.1, 0.15) is 0 Å². The molecule has 0 bridgehead atoms. The predicted octanol–water partition coefficient (Wildman–Crippen LogP) is 3.23. The van der Waals surface area contributed by atoms with Crippen LogP contribution in [0.4, 0.5) is 9.59 Å². The summed E-state index contributed by atoms with van der Waals surface area (Å²) in [6.07, 6.45) is -1.49. The fraction of sp³-hybridized carbons (Fsp3) is 0.417. The lowest BCUT2D eigenvalue weighted by Gasteiger charge is -2.44. The molecule has 8 nitrogen and oxygen atoms in total. The Morgan fingerprint density at radius 1 is 0.656 bits per heavy atom. The summed E-state index contributed by atoms with van der Waals surface area (Å²) in [6.45, 7) is 5.96. The zero-order valence-corrected chi connectivity index (χ0v) is 18.6. The molecule has 0 aromatic heterocycles. The van der Waals surface area contributed by atoms with Crippen LogP contribution in [0.5, 0.6) is 0 Å². The molecular formula is C24H28N2O6. The summed E-state index contributed by atoms with van der Waals surface area (Å²) in [6, 6.07) is 18.5. The number of ether oxygens (including phenoxy) is 2. The first-order chi connectivity index (χ1) is 14.9. The molecule has 2 aromatic carbocycles. The van der Waals surface area contributed by atoms with Crippen LogP contribution in [0.3, 0.4) is 0 Å². The van der Waals surface area contributed by atoms with Crippen molar-refractivity contribution >= 4 is 12.2 Å². The van der Waals surface area contributed by atoms with Gasteiger partial charge in [0.05, 0.1) is 0 Å². The summed E-state index contributed by atoms with van der Waals surface area (Å²) in [7, 11) is 0. The summed E-state index contributed by atoms with van der Waals surface area (Å²) >= 11 is 0. The number of hydrogen-bond donors (Lipinski definition) is 2. The first-order valence-corrected chi connectivity index (χ1v) is 10.5. The standard InChI is InChI=1S/C24H28N2O6/c1-21(15-17-11-7-5-8-12-17)23(3,29)25(19(27)31-21)26-20(28)32-22(2,24(26,4)30)16-18-13-9-6-10-14-18/h5-14,29-30H,15-16H2,1-4H3/t21-,22+,23-,24-/m1/s1. The Kier molecular flexibility index (Phi) is 4.98. The number of cyclic esters (lactones) is 2. The third-order valence-electron chi connectivity index (χ3n) is 6.77. The van der Waals surface area contributed by atoms with Crippen molar-refractivity contribution in [1.82, 2.24) is 10.0 Å². The van der Waals surface area contributed by atoms with Gasteiger partial charge in [-0.25, -0.2) is 9.59 Å². The predicted molar refractivity (Wildman–Crippen MR) is 115 cm³/mol. The maximum atomic E-state index is 13.0. The first kappa shape index (κ1) is 22.1. The summed E-state index contributed by atoms with van der Waals surface area (Å²) in [5, 5.41) is 24.5. The smallest absolute Gasteiger partial charge is 0.432 e. The van der Waals surface area contributed by atoms with E-state index in [0.29, 0.717) is 0 Å². The number of carbonyl (C=O) groups is 2. The van der Waals surface area contributed by atoms with E-state index in [-0.39, 0.29) is 12.8 Å². The van der Waals surface area contributed by atoms with Crippen molar-refractivity contribution in [2.75, 3.05) is 0 Å². The number of rotatable bonds is 5. The van der Waals surface area contributed by atoms with Crippen LogP contribution >= 0.6 is 0 Å². The lowest BCUT2D eigenvalue weighted by Crippen LogP contribution is -2.68. The molecule has 0 unspecified atom stereocenters. The number of carbonyl (C=O) groups excluding carboxylic acids is 2. The Balaban J connectivity index is 1.67. The molecule has 2 saturated heterocycles. The van der Waals surface area contributed by atoms with Gasteiger partial charge in [0.25, 0.3) is 0 Å². The minimum absolute atomic E-state index is 0.204. The second kappa shape index (κ2) is 7.21. The molecule has 0 saturated carbocycles. The molecule has 2 N–H and O–H groups in total. The van der Waals surface area contributed by atoms with Gasteiger partial charge in [-0.1, -0.05) is 60.7 Å².